The normalized spacial score (nSPS) is 18.2. The van der Waals surface area contributed by atoms with Gasteiger partial charge >= 0.3 is 0 Å². The molecule has 0 aromatic heterocycles. The fourth-order valence-corrected chi connectivity index (χ4v) is 5.77. The predicted octanol–water partition coefficient (Wildman–Crippen LogP) is 3.30. The van der Waals surface area contributed by atoms with Crippen LogP contribution >= 0.6 is 0 Å². The number of carbonyl (C=O) groups excluding carboxylic acids is 2. The number of aryl methyl sites for hydroxylation is 1. The number of piperidine rings is 1. The minimum atomic E-state index is -3.71. The van der Waals surface area contributed by atoms with Crippen LogP contribution in [0.3, 0.4) is 0 Å². The largest absolute Gasteiger partial charge is 0.326 e. The number of benzene rings is 2. The Morgan fingerprint density at radius 1 is 1.06 bits per heavy atom. The monoisotopic (exact) mass is 459 g/mol. The Kier molecular flexibility index (Phi) is 6.30. The van der Waals surface area contributed by atoms with Gasteiger partial charge in [-0.1, -0.05) is 0 Å². The first-order valence-corrected chi connectivity index (χ1v) is 12.2. The lowest BCUT2D eigenvalue weighted by atomic mass is 9.97. The quantitative estimate of drug-likeness (QED) is 0.743. The molecular weight excluding hydrogens is 433 g/mol. The average Bonchev–Trinajstić information content (AvgIpc) is 3.20. The van der Waals surface area contributed by atoms with Crippen molar-refractivity contribution in [3.8, 4) is 0 Å². The van der Waals surface area contributed by atoms with Gasteiger partial charge in [0.1, 0.15) is 5.82 Å². The second-order valence-electron chi connectivity index (χ2n) is 8.27. The lowest BCUT2D eigenvalue weighted by molar-refractivity contribution is -0.121. The molecule has 2 aromatic carbocycles. The molecular formula is C23H26FN3O4S. The topological polar surface area (TPSA) is 86.8 Å². The summed E-state index contributed by atoms with van der Waals surface area (Å²) >= 11 is 0. The molecule has 0 atom stereocenters. The number of amides is 2. The number of nitrogens with one attached hydrogen (secondary N) is 1. The van der Waals surface area contributed by atoms with Crippen LogP contribution in [0.4, 0.5) is 15.8 Å². The Morgan fingerprint density at radius 3 is 2.34 bits per heavy atom. The van der Waals surface area contributed by atoms with E-state index in [0.717, 1.165) is 29.8 Å². The lowest BCUT2D eigenvalue weighted by Crippen LogP contribution is -2.41. The number of carbonyl (C=O) groups is 2. The van der Waals surface area contributed by atoms with Gasteiger partial charge in [0.15, 0.2) is 0 Å². The summed E-state index contributed by atoms with van der Waals surface area (Å²) in [6, 6.07) is 10.3. The van der Waals surface area contributed by atoms with E-state index in [0.29, 0.717) is 31.5 Å². The van der Waals surface area contributed by atoms with Gasteiger partial charge < -0.3 is 10.2 Å². The summed E-state index contributed by atoms with van der Waals surface area (Å²) in [5.74, 6) is -0.815. The molecule has 2 aliphatic heterocycles. The van der Waals surface area contributed by atoms with Crippen LogP contribution in [0.5, 0.6) is 0 Å². The highest BCUT2D eigenvalue weighted by atomic mass is 32.2. The molecule has 0 bridgehead atoms. The molecule has 2 aliphatic rings. The van der Waals surface area contributed by atoms with Gasteiger partial charge in [0.25, 0.3) is 0 Å². The summed E-state index contributed by atoms with van der Waals surface area (Å²) in [5.41, 5.74) is 2.44. The highest BCUT2D eigenvalue weighted by Gasteiger charge is 2.32. The maximum absolute atomic E-state index is 13.1. The van der Waals surface area contributed by atoms with Gasteiger partial charge in [-0.2, -0.15) is 4.31 Å². The van der Waals surface area contributed by atoms with Crippen molar-refractivity contribution >= 4 is 33.2 Å². The zero-order valence-corrected chi connectivity index (χ0v) is 18.7. The van der Waals surface area contributed by atoms with E-state index >= 15 is 0 Å². The Hall–Kier alpha value is -2.78. The Balaban J connectivity index is 1.36. The van der Waals surface area contributed by atoms with Crippen LogP contribution in [0.2, 0.25) is 0 Å². The fraction of sp³-hybridized carbons (Fsp3) is 0.391. The molecule has 2 heterocycles. The van der Waals surface area contributed by atoms with Crippen LogP contribution in [0.15, 0.2) is 47.4 Å². The van der Waals surface area contributed by atoms with Gasteiger partial charge in [-0.05, 0) is 74.2 Å². The molecule has 170 valence electrons. The van der Waals surface area contributed by atoms with E-state index in [1.807, 2.05) is 19.1 Å². The van der Waals surface area contributed by atoms with Gasteiger partial charge in [-0.15, -0.1) is 0 Å². The number of hydrogen-bond acceptors (Lipinski definition) is 4. The van der Waals surface area contributed by atoms with E-state index in [1.54, 1.807) is 11.0 Å². The minimum Gasteiger partial charge on any atom is -0.326 e. The molecule has 2 aromatic rings. The van der Waals surface area contributed by atoms with E-state index in [2.05, 4.69) is 5.32 Å². The average molecular weight is 460 g/mol. The van der Waals surface area contributed by atoms with Crippen LogP contribution in [0.25, 0.3) is 0 Å². The summed E-state index contributed by atoms with van der Waals surface area (Å²) in [6.07, 6.45) is 2.23. The van der Waals surface area contributed by atoms with Gasteiger partial charge in [0.2, 0.25) is 21.8 Å². The standard InChI is InChI=1S/C23H26FN3O4S/c1-16-15-19(6-9-21(16)27-12-2-3-22(27)28)25-23(29)17-10-13-26(14-11-17)32(30,31)20-7-4-18(24)5-8-20/h4-9,15,17H,2-3,10-14H2,1H3,(H,25,29). The summed E-state index contributed by atoms with van der Waals surface area (Å²) in [6.45, 7) is 3.08. The van der Waals surface area contributed by atoms with Gasteiger partial charge in [0, 0.05) is 43.3 Å². The van der Waals surface area contributed by atoms with Crippen molar-refractivity contribution in [2.24, 2.45) is 5.92 Å². The Labute approximate surface area is 187 Å². The maximum atomic E-state index is 13.1. The zero-order chi connectivity index (χ0) is 22.9. The second kappa shape index (κ2) is 8.99. The van der Waals surface area contributed by atoms with Gasteiger partial charge in [-0.3, -0.25) is 9.59 Å². The van der Waals surface area contributed by atoms with Gasteiger partial charge in [-0.25, -0.2) is 12.8 Å². The van der Waals surface area contributed by atoms with Crippen molar-refractivity contribution in [3.63, 3.8) is 0 Å². The second-order valence-corrected chi connectivity index (χ2v) is 10.2. The lowest BCUT2D eigenvalue weighted by Gasteiger charge is -2.30. The SMILES string of the molecule is Cc1cc(NC(=O)C2CCN(S(=O)(=O)c3ccc(F)cc3)CC2)ccc1N1CCCC1=O. The van der Waals surface area contributed by atoms with E-state index < -0.39 is 15.8 Å². The summed E-state index contributed by atoms with van der Waals surface area (Å²) in [7, 11) is -3.71. The summed E-state index contributed by atoms with van der Waals surface area (Å²) in [4.78, 5) is 26.6. The highest BCUT2D eigenvalue weighted by Crippen LogP contribution is 2.29. The Morgan fingerprint density at radius 2 is 1.75 bits per heavy atom. The third-order valence-corrected chi connectivity index (χ3v) is 8.02. The zero-order valence-electron chi connectivity index (χ0n) is 17.9. The smallest absolute Gasteiger partial charge is 0.243 e. The molecule has 0 spiro atoms. The van der Waals surface area contributed by atoms with Gasteiger partial charge in [0.05, 0.1) is 4.90 Å². The number of nitrogens with zero attached hydrogens (tertiary/aromatic N) is 2. The predicted molar refractivity (Wildman–Crippen MR) is 119 cm³/mol. The molecule has 2 saturated heterocycles. The van der Waals surface area contributed by atoms with Crippen molar-refractivity contribution in [3.05, 3.63) is 53.8 Å². The molecule has 9 heteroatoms. The molecule has 1 N–H and O–H groups in total. The number of anilines is 2. The van der Waals surface area contributed by atoms with Crippen LogP contribution in [0.1, 0.15) is 31.2 Å². The number of halogens is 1. The maximum Gasteiger partial charge on any atom is 0.243 e. The fourth-order valence-electron chi connectivity index (χ4n) is 4.30. The molecule has 0 unspecified atom stereocenters. The van der Waals surface area contributed by atoms with E-state index in [-0.39, 0.29) is 35.7 Å². The molecule has 0 radical (unpaired) electrons. The number of sulfonamides is 1. The van der Waals surface area contributed by atoms with Crippen molar-refractivity contribution in [1.29, 1.82) is 0 Å². The first kappa shape index (κ1) is 22.4. The van der Waals surface area contributed by atoms with Crippen LogP contribution in [-0.4, -0.2) is 44.2 Å². The van der Waals surface area contributed by atoms with E-state index in [9.17, 15) is 22.4 Å². The molecule has 2 fully saturated rings. The molecule has 2 amide bonds. The number of rotatable bonds is 5. The molecule has 0 aliphatic carbocycles. The van der Waals surface area contributed by atoms with Crippen LogP contribution < -0.4 is 10.2 Å². The first-order valence-electron chi connectivity index (χ1n) is 10.7. The van der Waals surface area contributed by atoms with Crippen LogP contribution in [0, 0.1) is 18.7 Å². The van der Waals surface area contributed by atoms with Crippen LogP contribution in [-0.2, 0) is 19.6 Å². The van der Waals surface area contributed by atoms with Crippen molar-refractivity contribution in [2.45, 2.75) is 37.5 Å². The molecule has 0 saturated carbocycles. The van der Waals surface area contributed by atoms with Crippen molar-refractivity contribution < 1.29 is 22.4 Å². The first-order chi connectivity index (χ1) is 15.3. The molecule has 4 rings (SSSR count). The number of hydrogen-bond donors (Lipinski definition) is 1. The molecule has 32 heavy (non-hydrogen) atoms. The van der Waals surface area contributed by atoms with E-state index in [4.69, 9.17) is 0 Å². The van der Waals surface area contributed by atoms with Crippen molar-refractivity contribution in [2.75, 3.05) is 29.9 Å². The third-order valence-electron chi connectivity index (χ3n) is 6.10. The Bertz CT molecular complexity index is 1130. The third kappa shape index (κ3) is 4.54. The van der Waals surface area contributed by atoms with Crippen molar-refractivity contribution in [1.82, 2.24) is 4.31 Å². The summed E-state index contributed by atoms with van der Waals surface area (Å²) < 4.78 is 39.9. The minimum absolute atomic E-state index is 0.0499. The summed E-state index contributed by atoms with van der Waals surface area (Å²) in [5, 5.41) is 2.92. The van der Waals surface area contributed by atoms with E-state index in [1.165, 1.54) is 16.4 Å². The highest BCUT2D eigenvalue weighted by molar-refractivity contribution is 7.89. The molecule has 7 nitrogen and oxygen atoms in total.